The first-order valence-corrected chi connectivity index (χ1v) is 14.8. The van der Waals surface area contributed by atoms with Crippen molar-refractivity contribution in [3.05, 3.63) is 0 Å². The molecule has 0 heterocycles. The maximum Gasteiger partial charge on any atom is 0.198 e. The van der Waals surface area contributed by atoms with Crippen molar-refractivity contribution >= 4 is 28.0 Å². The summed E-state index contributed by atoms with van der Waals surface area (Å²) >= 11 is 4.13. The van der Waals surface area contributed by atoms with E-state index in [0.29, 0.717) is 0 Å². The predicted octanol–water partition coefficient (Wildman–Crippen LogP) is 6.70. The van der Waals surface area contributed by atoms with E-state index < -0.39 is 5.69 Å². The lowest BCUT2D eigenvalue weighted by atomic mass is 10.1. The molecule has 0 rings (SSSR count). The van der Waals surface area contributed by atoms with Crippen LogP contribution in [-0.4, -0.2) is 21.3 Å². The van der Waals surface area contributed by atoms with Crippen LogP contribution in [0.5, 0.6) is 0 Å². The average Bonchev–Trinajstić information content (AvgIpc) is 2.50. The van der Waals surface area contributed by atoms with Gasteiger partial charge in [0, 0.05) is 0 Å². The van der Waals surface area contributed by atoms with Crippen LogP contribution in [-0.2, 0) is 10.1 Å². The third kappa shape index (κ3) is 16.3. The fourth-order valence-corrected chi connectivity index (χ4v) is 8.28. The fraction of sp³-hybridized carbons (Fsp3) is 1.00. The fourth-order valence-electron chi connectivity index (χ4n) is 2.80. The Kier molecular flexibility index (Phi) is 17.3. The molecule has 0 saturated carbocycles. The Hall–Kier alpha value is 1.05. The third-order valence-electron chi connectivity index (χ3n) is 4.31. The first kappa shape index (κ1) is 24.1. The highest BCUT2D eigenvalue weighted by Gasteiger charge is 2.10. The van der Waals surface area contributed by atoms with Gasteiger partial charge in [-0.2, -0.15) is 0 Å². The summed E-state index contributed by atoms with van der Waals surface area (Å²) in [4.78, 5) is 19.9. The monoisotopic (exact) mass is 384 g/mol. The first-order valence-electron chi connectivity index (χ1n) is 9.77. The normalized spacial score (nSPS) is 12.3. The van der Waals surface area contributed by atoms with Gasteiger partial charge in [-0.15, -0.1) is 10.1 Å². The Morgan fingerprint density at radius 2 is 0.913 bits per heavy atom. The Labute approximate surface area is 153 Å². The van der Waals surface area contributed by atoms with Crippen LogP contribution in [0.4, 0.5) is 0 Å². The minimum Gasteiger partial charge on any atom is -0.341 e. The second-order valence-electron chi connectivity index (χ2n) is 6.63. The molecule has 0 aromatic carbocycles. The second kappa shape index (κ2) is 16.5. The molecule has 0 aliphatic rings. The Bertz CT molecular complexity index is 288. The van der Waals surface area contributed by atoms with E-state index in [2.05, 4.69) is 26.1 Å². The molecule has 0 atom stereocenters. The Balaban J connectivity index is 3.80. The van der Waals surface area contributed by atoms with Crippen LogP contribution < -0.4 is 0 Å². The van der Waals surface area contributed by atoms with E-state index in [-0.39, 0.29) is 10.1 Å². The van der Waals surface area contributed by atoms with Crippen molar-refractivity contribution < 1.29 is 9.79 Å². The van der Waals surface area contributed by atoms with Gasteiger partial charge in [-0.05, 0) is 24.3 Å². The average molecular weight is 385 g/mol. The van der Waals surface area contributed by atoms with Crippen molar-refractivity contribution in [1.82, 2.24) is 0 Å². The minimum atomic E-state index is -2.94. The Morgan fingerprint density at radius 3 is 1.22 bits per heavy atom. The Morgan fingerprint density at radius 1 is 0.609 bits per heavy atom. The molecule has 0 spiro atoms. The lowest BCUT2D eigenvalue weighted by Gasteiger charge is -2.16. The van der Waals surface area contributed by atoms with Gasteiger partial charge in [0.25, 0.3) is 0 Å². The molecule has 0 radical (unpaired) electrons. The van der Waals surface area contributed by atoms with Crippen molar-refractivity contribution in [2.24, 2.45) is 0 Å². The van der Waals surface area contributed by atoms with Gasteiger partial charge in [0.1, 0.15) is 0 Å². The number of rotatable bonds is 16. The van der Waals surface area contributed by atoms with Crippen molar-refractivity contribution in [3.63, 3.8) is 0 Å². The highest BCUT2D eigenvalue weighted by Crippen LogP contribution is 2.47. The number of hydrogen-bond acceptors (Lipinski definition) is 0. The summed E-state index contributed by atoms with van der Waals surface area (Å²) < 4.78 is 0. The highest BCUT2D eigenvalue weighted by molar-refractivity contribution is 8.65. The highest BCUT2D eigenvalue weighted by atomic mass is 32.9. The lowest BCUT2D eigenvalue weighted by Crippen LogP contribution is -2.04. The quantitative estimate of drug-likeness (QED) is 0.157. The molecule has 142 valence electrons. The minimum absolute atomic E-state index is 0.273. The molecule has 0 aliphatic heterocycles. The number of hydrogen-bond donors (Lipinski definition) is 3. The summed E-state index contributed by atoms with van der Waals surface area (Å²) in [6.07, 6.45) is 18.0. The molecule has 0 aliphatic carbocycles. The molecule has 2 N–H and O–H groups in total. The third-order valence-corrected chi connectivity index (χ3v) is 11.8. The van der Waals surface area contributed by atoms with Crippen LogP contribution in [0, 0.1) is 0 Å². The van der Waals surface area contributed by atoms with Gasteiger partial charge in [0.15, 0.2) is 5.69 Å². The maximum absolute atomic E-state index is 9.97. The molecule has 0 aromatic heterocycles. The van der Waals surface area contributed by atoms with Crippen molar-refractivity contribution in [1.29, 1.82) is 0 Å². The molecule has 5 heteroatoms. The van der Waals surface area contributed by atoms with E-state index in [1.165, 1.54) is 77.0 Å². The second-order valence-corrected chi connectivity index (χ2v) is 15.0. The van der Waals surface area contributed by atoms with Gasteiger partial charge in [-0.25, -0.2) is 0 Å². The van der Waals surface area contributed by atoms with E-state index in [9.17, 15) is 9.79 Å². The van der Waals surface area contributed by atoms with Gasteiger partial charge in [-0.1, -0.05) is 103 Å². The predicted molar refractivity (Wildman–Crippen MR) is 113 cm³/mol. The van der Waals surface area contributed by atoms with E-state index in [1.807, 2.05) is 0 Å². The van der Waals surface area contributed by atoms with Crippen LogP contribution in [0.15, 0.2) is 0 Å². The van der Waals surface area contributed by atoms with Gasteiger partial charge in [-0.3, -0.25) is 0 Å². The van der Waals surface area contributed by atoms with E-state index in [0.717, 1.165) is 24.3 Å². The van der Waals surface area contributed by atoms with Crippen LogP contribution in [0.1, 0.15) is 104 Å². The lowest BCUT2D eigenvalue weighted by molar-refractivity contribution is 0.502. The maximum atomic E-state index is 9.97. The molecule has 0 aromatic rings. The van der Waals surface area contributed by atoms with Crippen LogP contribution in [0.25, 0.3) is 0 Å². The molecular weight excluding hydrogens is 343 g/mol. The van der Waals surface area contributed by atoms with E-state index >= 15 is 0 Å². The molecule has 0 unspecified atom stereocenters. The van der Waals surface area contributed by atoms with Crippen LogP contribution in [0.2, 0.25) is 0 Å². The summed E-state index contributed by atoms with van der Waals surface area (Å²) in [6, 6.07) is 0. The van der Waals surface area contributed by atoms with Crippen molar-refractivity contribution in [3.8, 4) is 0 Å². The molecule has 0 bridgehead atoms. The van der Waals surface area contributed by atoms with Gasteiger partial charge in [0.2, 0.25) is 0 Å². The van der Waals surface area contributed by atoms with Crippen LogP contribution >= 0.6 is 17.9 Å². The summed E-state index contributed by atoms with van der Waals surface area (Å²) in [6.45, 7) is 4.49. The van der Waals surface area contributed by atoms with E-state index in [1.54, 1.807) is 0 Å². The standard InChI is InChI=1S/C18H41O2PS2/c1-3-5-7-9-11-13-15-17-23(21(19,20)22)18-16-14-12-10-8-6-4-2/h19-20,22H,3-18H2,1-2H3. The van der Waals surface area contributed by atoms with Gasteiger partial charge in [0.05, 0.1) is 0 Å². The van der Waals surface area contributed by atoms with Gasteiger partial charge < -0.3 is 9.79 Å². The number of unbranched alkanes of at least 4 members (excludes halogenated alkanes) is 12. The molecule has 0 amide bonds. The summed E-state index contributed by atoms with van der Waals surface area (Å²) in [5, 5.41) is 0. The topological polar surface area (TPSA) is 40.5 Å². The van der Waals surface area contributed by atoms with E-state index in [4.69, 9.17) is 0 Å². The zero-order valence-corrected chi connectivity index (χ0v) is 18.1. The zero-order chi connectivity index (χ0) is 17.4. The summed E-state index contributed by atoms with van der Waals surface area (Å²) in [5.41, 5.74) is -2.94. The smallest absolute Gasteiger partial charge is 0.198 e. The largest absolute Gasteiger partial charge is 0.341 e. The molecular formula is C18H41O2PS2. The molecule has 2 nitrogen and oxygen atoms in total. The SMILES string of the molecule is CCCCCCCCCS(CCCCCCCCC)=P(O)(O)S. The summed E-state index contributed by atoms with van der Waals surface area (Å²) in [7, 11) is -0.273. The zero-order valence-electron chi connectivity index (χ0n) is 15.5. The molecule has 23 heavy (non-hydrogen) atoms. The molecule has 0 fully saturated rings. The van der Waals surface area contributed by atoms with Crippen molar-refractivity contribution in [2.75, 3.05) is 11.5 Å². The van der Waals surface area contributed by atoms with Gasteiger partial charge >= 0.3 is 0 Å². The molecule has 0 saturated heterocycles. The summed E-state index contributed by atoms with van der Waals surface area (Å²) in [5.74, 6) is 1.93. The van der Waals surface area contributed by atoms with Crippen molar-refractivity contribution in [2.45, 2.75) is 104 Å². The van der Waals surface area contributed by atoms with Crippen LogP contribution in [0.3, 0.4) is 0 Å². The first-order chi connectivity index (χ1) is 11.0. The number of thiol groups is 1.